The van der Waals surface area contributed by atoms with Crippen LogP contribution < -0.4 is 10.9 Å². The molecule has 0 aliphatic rings. The molecule has 1 aromatic rings. The molecule has 0 aromatic carbocycles. The first-order valence-electron chi connectivity index (χ1n) is 6.70. The zero-order valence-electron chi connectivity index (χ0n) is 12.4. The maximum atomic E-state index is 11.4. The van der Waals surface area contributed by atoms with Gasteiger partial charge in [0.05, 0.1) is 6.10 Å². The number of hydrogen-bond donors (Lipinski definition) is 4. The Hall–Kier alpha value is -1.86. The third-order valence-electron chi connectivity index (χ3n) is 2.61. The molecular formula is C14H22N2O5. The second-order valence-electron chi connectivity index (χ2n) is 5.72. The van der Waals surface area contributed by atoms with Crippen LogP contribution in [-0.4, -0.2) is 39.5 Å². The molecular weight excluding hydrogens is 276 g/mol. The van der Waals surface area contributed by atoms with Gasteiger partial charge < -0.3 is 25.3 Å². The number of aromatic nitrogens is 1. The number of aliphatic hydroxyl groups excluding tert-OH is 2. The van der Waals surface area contributed by atoms with Crippen molar-refractivity contribution in [3.8, 4) is 0 Å². The van der Waals surface area contributed by atoms with Crippen molar-refractivity contribution in [3.05, 3.63) is 34.2 Å². The van der Waals surface area contributed by atoms with E-state index in [1.165, 1.54) is 18.3 Å². The number of pyridine rings is 1. The molecule has 1 aromatic heterocycles. The summed E-state index contributed by atoms with van der Waals surface area (Å²) in [6, 6.07) is 2.73. The van der Waals surface area contributed by atoms with Gasteiger partial charge in [-0.1, -0.05) is 0 Å². The van der Waals surface area contributed by atoms with Crippen LogP contribution in [0.5, 0.6) is 0 Å². The largest absolute Gasteiger partial charge is 0.444 e. The third-order valence-corrected chi connectivity index (χ3v) is 2.61. The van der Waals surface area contributed by atoms with Gasteiger partial charge in [-0.2, -0.15) is 0 Å². The standard InChI is InChI=1S/C14H22N2O5/c1-14(2,3)21-13(20)16-7-5-10(17)12(19)9-4-6-15-11(18)8-9/h4,6,8,10,12,17,19H,5,7H2,1-3H3,(H,15,18)(H,16,20). The van der Waals surface area contributed by atoms with Crippen molar-refractivity contribution in [1.82, 2.24) is 10.3 Å². The maximum absolute atomic E-state index is 11.4. The van der Waals surface area contributed by atoms with Crippen LogP contribution in [0.4, 0.5) is 4.79 Å². The number of amides is 1. The first-order valence-corrected chi connectivity index (χ1v) is 6.70. The van der Waals surface area contributed by atoms with Crippen molar-refractivity contribution in [3.63, 3.8) is 0 Å². The van der Waals surface area contributed by atoms with Gasteiger partial charge in [0, 0.05) is 18.8 Å². The predicted octanol–water partition coefficient (Wildman–Crippen LogP) is 0.684. The molecule has 1 amide bonds. The molecule has 7 nitrogen and oxygen atoms in total. The highest BCUT2D eigenvalue weighted by atomic mass is 16.6. The van der Waals surface area contributed by atoms with Crippen LogP contribution in [0.1, 0.15) is 38.9 Å². The van der Waals surface area contributed by atoms with Gasteiger partial charge in [-0.25, -0.2) is 4.79 Å². The van der Waals surface area contributed by atoms with Gasteiger partial charge in [0.15, 0.2) is 0 Å². The maximum Gasteiger partial charge on any atom is 0.407 e. The van der Waals surface area contributed by atoms with Crippen LogP contribution >= 0.6 is 0 Å². The summed E-state index contributed by atoms with van der Waals surface area (Å²) in [4.78, 5) is 25.0. The highest BCUT2D eigenvalue weighted by Gasteiger charge is 2.20. The predicted molar refractivity (Wildman–Crippen MR) is 76.9 cm³/mol. The molecule has 7 heteroatoms. The number of nitrogens with one attached hydrogen (secondary N) is 2. The SMILES string of the molecule is CC(C)(C)OC(=O)NCCC(O)C(O)c1cc[nH]c(=O)c1. The first kappa shape index (κ1) is 17.2. The van der Waals surface area contributed by atoms with Gasteiger partial charge in [-0.3, -0.25) is 4.79 Å². The van der Waals surface area contributed by atoms with E-state index in [4.69, 9.17) is 4.74 Å². The van der Waals surface area contributed by atoms with E-state index in [-0.39, 0.29) is 18.5 Å². The molecule has 0 saturated carbocycles. The van der Waals surface area contributed by atoms with Crippen molar-refractivity contribution in [2.45, 2.75) is 45.0 Å². The Kier molecular flexibility index (Phi) is 5.92. The lowest BCUT2D eigenvalue weighted by molar-refractivity contribution is 0.0122. The minimum atomic E-state index is -1.19. The zero-order valence-corrected chi connectivity index (χ0v) is 12.4. The molecule has 2 atom stereocenters. The Bertz CT molecular complexity index is 521. The molecule has 1 rings (SSSR count). The van der Waals surface area contributed by atoms with Crippen molar-refractivity contribution in [1.29, 1.82) is 0 Å². The second-order valence-corrected chi connectivity index (χ2v) is 5.72. The fraction of sp³-hybridized carbons (Fsp3) is 0.571. The number of H-pyrrole nitrogens is 1. The molecule has 21 heavy (non-hydrogen) atoms. The Labute approximate surface area is 123 Å². The highest BCUT2D eigenvalue weighted by molar-refractivity contribution is 5.67. The smallest absolute Gasteiger partial charge is 0.407 e. The minimum Gasteiger partial charge on any atom is -0.444 e. The molecule has 0 fully saturated rings. The lowest BCUT2D eigenvalue weighted by Crippen LogP contribution is -2.34. The second kappa shape index (κ2) is 7.24. The lowest BCUT2D eigenvalue weighted by atomic mass is 10.0. The van der Waals surface area contributed by atoms with E-state index < -0.39 is 23.9 Å². The molecule has 0 radical (unpaired) electrons. The number of ether oxygens (including phenoxy) is 1. The number of aliphatic hydroxyl groups is 2. The summed E-state index contributed by atoms with van der Waals surface area (Å²) in [6.45, 7) is 5.39. The fourth-order valence-electron chi connectivity index (χ4n) is 1.66. The topological polar surface area (TPSA) is 112 Å². The molecule has 0 spiro atoms. The van der Waals surface area contributed by atoms with Crippen LogP contribution in [0.2, 0.25) is 0 Å². The van der Waals surface area contributed by atoms with E-state index in [0.717, 1.165) is 0 Å². The molecule has 1 heterocycles. The van der Waals surface area contributed by atoms with Gasteiger partial charge >= 0.3 is 6.09 Å². The number of hydrogen-bond acceptors (Lipinski definition) is 5. The summed E-state index contributed by atoms with van der Waals surface area (Å²) in [6.07, 6.45) is -1.34. The molecule has 118 valence electrons. The number of alkyl carbamates (subject to hydrolysis) is 1. The van der Waals surface area contributed by atoms with Gasteiger partial charge in [0.2, 0.25) is 5.56 Å². The molecule has 0 saturated heterocycles. The minimum absolute atomic E-state index is 0.132. The fourth-order valence-corrected chi connectivity index (χ4v) is 1.66. The van der Waals surface area contributed by atoms with Crippen molar-refractivity contribution in [2.24, 2.45) is 0 Å². The van der Waals surface area contributed by atoms with Gasteiger partial charge in [-0.15, -0.1) is 0 Å². The van der Waals surface area contributed by atoms with Crippen LogP contribution in [0, 0.1) is 0 Å². The average Bonchev–Trinajstić information content (AvgIpc) is 2.35. The van der Waals surface area contributed by atoms with Crippen molar-refractivity contribution in [2.75, 3.05) is 6.54 Å². The van der Waals surface area contributed by atoms with E-state index in [0.29, 0.717) is 5.56 Å². The molecule has 4 N–H and O–H groups in total. The number of aromatic amines is 1. The van der Waals surface area contributed by atoms with Crippen molar-refractivity contribution >= 4 is 6.09 Å². The van der Waals surface area contributed by atoms with E-state index in [1.807, 2.05) is 0 Å². The molecule has 0 aliphatic carbocycles. The van der Waals surface area contributed by atoms with Gasteiger partial charge in [0.1, 0.15) is 11.7 Å². The Morgan fingerprint density at radius 3 is 2.67 bits per heavy atom. The highest BCUT2D eigenvalue weighted by Crippen LogP contribution is 2.16. The zero-order chi connectivity index (χ0) is 16.0. The summed E-state index contributed by atoms with van der Waals surface area (Å²) < 4.78 is 5.04. The summed E-state index contributed by atoms with van der Waals surface area (Å²) in [5.41, 5.74) is -0.623. The molecule has 2 unspecified atom stereocenters. The summed E-state index contributed by atoms with van der Waals surface area (Å²) in [5, 5.41) is 22.3. The van der Waals surface area contributed by atoms with E-state index in [1.54, 1.807) is 20.8 Å². The number of carbonyl (C=O) groups is 1. The number of rotatable bonds is 5. The normalized spacial score (nSPS) is 14.3. The Balaban J connectivity index is 2.42. The van der Waals surface area contributed by atoms with Crippen LogP contribution in [0.15, 0.2) is 23.1 Å². The van der Waals surface area contributed by atoms with Gasteiger partial charge in [-0.05, 0) is 38.8 Å². The summed E-state index contributed by atoms with van der Waals surface area (Å²) >= 11 is 0. The van der Waals surface area contributed by atoms with Crippen molar-refractivity contribution < 1.29 is 19.7 Å². The monoisotopic (exact) mass is 298 g/mol. The van der Waals surface area contributed by atoms with Crippen LogP contribution in [0.25, 0.3) is 0 Å². The van der Waals surface area contributed by atoms with E-state index >= 15 is 0 Å². The third kappa shape index (κ3) is 6.42. The summed E-state index contributed by atoms with van der Waals surface area (Å²) in [7, 11) is 0. The quantitative estimate of drug-likeness (QED) is 0.639. The van der Waals surface area contributed by atoms with E-state index in [2.05, 4.69) is 10.3 Å². The van der Waals surface area contributed by atoms with Gasteiger partial charge in [0.25, 0.3) is 0 Å². The van der Waals surface area contributed by atoms with E-state index in [9.17, 15) is 19.8 Å². The lowest BCUT2D eigenvalue weighted by Gasteiger charge is -2.21. The van der Waals surface area contributed by atoms with Crippen LogP contribution in [-0.2, 0) is 4.74 Å². The average molecular weight is 298 g/mol. The summed E-state index contributed by atoms with van der Waals surface area (Å²) in [5.74, 6) is 0. The first-order chi connectivity index (χ1) is 9.69. The number of carbonyl (C=O) groups excluding carboxylic acids is 1. The molecule has 0 bridgehead atoms. The van der Waals surface area contributed by atoms with Crippen LogP contribution in [0.3, 0.4) is 0 Å². The Morgan fingerprint density at radius 1 is 1.43 bits per heavy atom. The molecule has 0 aliphatic heterocycles. The Morgan fingerprint density at radius 2 is 2.10 bits per heavy atom.